The second-order valence-corrected chi connectivity index (χ2v) is 6.12. The minimum atomic E-state index is 0.205. The van der Waals surface area contributed by atoms with E-state index in [1.165, 1.54) is 21.9 Å². The number of benzene rings is 3. The standard InChI is InChI=1S/C23H24O/c1-4-9-19-14-15-20(16-23(19)24-17(3)5-2)22-13-8-11-18-10-6-7-12-21(18)22/h4,6-17H,5H2,1-3H3/b9-4+. The molecule has 0 aliphatic rings. The van der Waals surface area contributed by atoms with Gasteiger partial charge in [-0.1, -0.05) is 73.7 Å². The number of hydrogen-bond acceptors (Lipinski definition) is 1. The van der Waals surface area contributed by atoms with Crippen molar-refractivity contribution in [1.82, 2.24) is 0 Å². The maximum absolute atomic E-state index is 6.17. The van der Waals surface area contributed by atoms with Gasteiger partial charge in [0.05, 0.1) is 6.10 Å². The summed E-state index contributed by atoms with van der Waals surface area (Å²) < 4.78 is 6.17. The van der Waals surface area contributed by atoms with Crippen LogP contribution in [0.3, 0.4) is 0 Å². The zero-order valence-corrected chi connectivity index (χ0v) is 14.6. The van der Waals surface area contributed by atoms with Gasteiger partial charge in [-0.05, 0) is 48.2 Å². The Morgan fingerprint density at radius 3 is 2.58 bits per heavy atom. The summed E-state index contributed by atoms with van der Waals surface area (Å²) in [6.45, 7) is 6.30. The molecule has 122 valence electrons. The Bertz CT molecular complexity index is 856. The van der Waals surface area contributed by atoms with Gasteiger partial charge in [-0.15, -0.1) is 0 Å². The Hall–Kier alpha value is -2.54. The minimum Gasteiger partial charge on any atom is -0.490 e. The van der Waals surface area contributed by atoms with Crippen molar-refractivity contribution in [3.63, 3.8) is 0 Å². The van der Waals surface area contributed by atoms with Crippen molar-refractivity contribution in [2.45, 2.75) is 33.3 Å². The fourth-order valence-electron chi connectivity index (χ4n) is 2.90. The van der Waals surface area contributed by atoms with Gasteiger partial charge < -0.3 is 4.74 Å². The summed E-state index contributed by atoms with van der Waals surface area (Å²) in [5, 5.41) is 2.53. The Morgan fingerprint density at radius 1 is 1.00 bits per heavy atom. The van der Waals surface area contributed by atoms with Crippen molar-refractivity contribution >= 4 is 16.8 Å². The number of hydrogen-bond donors (Lipinski definition) is 0. The average molecular weight is 316 g/mol. The molecule has 0 spiro atoms. The number of ether oxygens (including phenoxy) is 1. The van der Waals surface area contributed by atoms with E-state index >= 15 is 0 Å². The Morgan fingerprint density at radius 2 is 1.79 bits per heavy atom. The second-order valence-electron chi connectivity index (χ2n) is 6.12. The molecule has 0 fully saturated rings. The lowest BCUT2D eigenvalue weighted by atomic mass is 9.97. The quantitative estimate of drug-likeness (QED) is 0.508. The van der Waals surface area contributed by atoms with Crippen LogP contribution in [-0.4, -0.2) is 6.10 Å². The van der Waals surface area contributed by atoms with E-state index in [1.54, 1.807) is 0 Å². The summed E-state index contributed by atoms with van der Waals surface area (Å²) in [6.07, 6.45) is 5.35. The van der Waals surface area contributed by atoms with Gasteiger partial charge in [-0.2, -0.15) is 0 Å². The van der Waals surface area contributed by atoms with Crippen LogP contribution < -0.4 is 4.74 Å². The van der Waals surface area contributed by atoms with Crippen molar-refractivity contribution in [2.24, 2.45) is 0 Å². The molecule has 0 aromatic heterocycles. The molecule has 1 unspecified atom stereocenters. The Balaban J connectivity index is 2.12. The normalized spacial score (nSPS) is 12.6. The summed E-state index contributed by atoms with van der Waals surface area (Å²) >= 11 is 0. The first-order valence-electron chi connectivity index (χ1n) is 8.64. The second kappa shape index (κ2) is 7.35. The van der Waals surface area contributed by atoms with Crippen molar-refractivity contribution in [2.75, 3.05) is 0 Å². The molecule has 24 heavy (non-hydrogen) atoms. The monoisotopic (exact) mass is 316 g/mol. The van der Waals surface area contributed by atoms with Crippen LogP contribution in [0.5, 0.6) is 5.75 Å². The molecule has 3 aromatic carbocycles. The van der Waals surface area contributed by atoms with Crippen LogP contribution in [0, 0.1) is 0 Å². The largest absolute Gasteiger partial charge is 0.490 e. The van der Waals surface area contributed by atoms with Crippen molar-refractivity contribution in [3.8, 4) is 16.9 Å². The highest BCUT2D eigenvalue weighted by molar-refractivity contribution is 5.97. The number of fused-ring (bicyclic) bond motifs is 1. The molecule has 0 amide bonds. The maximum Gasteiger partial charge on any atom is 0.127 e. The Kier molecular flexibility index (Phi) is 5.00. The van der Waals surface area contributed by atoms with E-state index in [0.29, 0.717) is 0 Å². The van der Waals surface area contributed by atoms with Crippen molar-refractivity contribution in [1.29, 1.82) is 0 Å². The van der Waals surface area contributed by atoms with Gasteiger partial charge in [0.15, 0.2) is 0 Å². The predicted molar refractivity (Wildman–Crippen MR) is 104 cm³/mol. The summed E-state index contributed by atoms with van der Waals surface area (Å²) in [6, 6.07) is 21.5. The summed E-state index contributed by atoms with van der Waals surface area (Å²) in [5.41, 5.74) is 3.56. The third-order valence-corrected chi connectivity index (χ3v) is 4.36. The highest BCUT2D eigenvalue weighted by Gasteiger charge is 2.10. The van der Waals surface area contributed by atoms with Crippen molar-refractivity contribution in [3.05, 3.63) is 72.3 Å². The fraction of sp³-hybridized carbons (Fsp3) is 0.217. The first-order valence-corrected chi connectivity index (χ1v) is 8.64. The number of allylic oxidation sites excluding steroid dienone is 1. The molecular formula is C23H24O. The molecule has 0 aliphatic carbocycles. The smallest absolute Gasteiger partial charge is 0.127 e. The molecule has 0 N–H and O–H groups in total. The summed E-state index contributed by atoms with van der Waals surface area (Å²) in [4.78, 5) is 0. The molecule has 0 bridgehead atoms. The van der Waals surface area contributed by atoms with Crippen LogP contribution in [0.4, 0.5) is 0 Å². The van der Waals surface area contributed by atoms with Crippen LogP contribution in [0.2, 0.25) is 0 Å². The first kappa shape index (κ1) is 16.3. The van der Waals surface area contributed by atoms with E-state index in [0.717, 1.165) is 17.7 Å². The van der Waals surface area contributed by atoms with Crippen LogP contribution in [-0.2, 0) is 0 Å². The lowest BCUT2D eigenvalue weighted by molar-refractivity contribution is 0.217. The highest BCUT2D eigenvalue weighted by atomic mass is 16.5. The SMILES string of the molecule is C/C=C/c1ccc(-c2cccc3ccccc23)cc1OC(C)CC. The molecular weight excluding hydrogens is 292 g/mol. The van der Waals surface area contributed by atoms with Crippen LogP contribution in [0.1, 0.15) is 32.8 Å². The van der Waals surface area contributed by atoms with E-state index in [9.17, 15) is 0 Å². The molecule has 3 rings (SSSR count). The molecule has 1 nitrogen and oxygen atoms in total. The van der Waals surface area contributed by atoms with Gasteiger partial charge in [0.1, 0.15) is 5.75 Å². The topological polar surface area (TPSA) is 9.23 Å². The molecule has 0 saturated heterocycles. The predicted octanol–water partition coefficient (Wildman–Crippen LogP) is 6.72. The fourth-order valence-corrected chi connectivity index (χ4v) is 2.90. The van der Waals surface area contributed by atoms with Crippen LogP contribution in [0.15, 0.2) is 66.7 Å². The highest BCUT2D eigenvalue weighted by Crippen LogP contribution is 2.33. The number of rotatable bonds is 5. The van der Waals surface area contributed by atoms with Gasteiger partial charge in [0.2, 0.25) is 0 Å². The first-order chi connectivity index (χ1) is 11.7. The lowest BCUT2D eigenvalue weighted by Gasteiger charge is -2.17. The van der Waals surface area contributed by atoms with Gasteiger partial charge in [0.25, 0.3) is 0 Å². The van der Waals surface area contributed by atoms with Crippen LogP contribution >= 0.6 is 0 Å². The van der Waals surface area contributed by atoms with E-state index in [2.05, 4.69) is 86.7 Å². The Labute approximate surface area is 144 Å². The molecule has 0 heterocycles. The molecule has 3 aromatic rings. The van der Waals surface area contributed by atoms with Gasteiger partial charge in [-0.3, -0.25) is 0 Å². The average Bonchev–Trinajstić information content (AvgIpc) is 2.62. The third-order valence-electron chi connectivity index (χ3n) is 4.36. The van der Waals surface area contributed by atoms with Gasteiger partial charge >= 0.3 is 0 Å². The maximum atomic E-state index is 6.17. The summed E-state index contributed by atoms with van der Waals surface area (Å²) in [5.74, 6) is 0.952. The molecule has 0 saturated carbocycles. The third kappa shape index (κ3) is 3.35. The zero-order chi connectivity index (χ0) is 16.9. The van der Waals surface area contributed by atoms with Gasteiger partial charge in [-0.25, -0.2) is 0 Å². The van der Waals surface area contributed by atoms with Crippen LogP contribution in [0.25, 0.3) is 28.0 Å². The van der Waals surface area contributed by atoms with E-state index in [-0.39, 0.29) is 6.10 Å². The minimum absolute atomic E-state index is 0.205. The lowest BCUT2D eigenvalue weighted by Crippen LogP contribution is -2.10. The molecule has 1 heteroatoms. The zero-order valence-electron chi connectivity index (χ0n) is 14.6. The van der Waals surface area contributed by atoms with E-state index in [4.69, 9.17) is 4.74 Å². The summed E-state index contributed by atoms with van der Waals surface area (Å²) in [7, 11) is 0. The van der Waals surface area contributed by atoms with Crippen molar-refractivity contribution < 1.29 is 4.74 Å². The van der Waals surface area contributed by atoms with E-state index < -0.39 is 0 Å². The van der Waals surface area contributed by atoms with Gasteiger partial charge in [0, 0.05) is 5.56 Å². The molecule has 1 atom stereocenters. The molecule has 0 radical (unpaired) electrons. The molecule has 0 aliphatic heterocycles. The van der Waals surface area contributed by atoms with E-state index in [1.807, 2.05) is 6.92 Å².